The molecule has 2 heterocycles. The van der Waals surface area contributed by atoms with Gasteiger partial charge in [-0.1, -0.05) is 25.5 Å². The third-order valence-corrected chi connectivity index (χ3v) is 6.54. The third-order valence-electron chi connectivity index (χ3n) is 6.54. The van der Waals surface area contributed by atoms with Crippen LogP contribution in [0.3, 0.4) is 0 Å². The third kappa shape index (κ3) is 5.40. The highest BCUT2D eigenvalue weighted by Gasteiger charge is 2.36. The maximum absolute atomic E-state index is 5.25. The minimum absolute atomic E-state index is 0.486. The van der Waals surface area contributed by atoms with E-state index in [0.29, 0.717) is 12.0 Å². The molecule has 2 fully saturated rings. The van der Waals surface area contributed by atoms with Gasteiger partial charge in [-0.3, -0.25) is 4.99 Å². The molecule has 28 heavy (non-hydrogen) atoms. The number of nitrogens with one attached hydrogen (secondary N) is 2. The number of methoxy groups -OCH3 is 1. The first-order chi connectivity index (χ1) is 13.6. The standard InChI is InChI=1S/C23H38N4O/c1-5-24-23(26-19-15-20-7-6-8-21(16-19)27(20)3)25-14-13-17(2)18-9-11-22(28-4)12-10-18/h9-12,17,19-21H,5-8,13-16H2,1-4H3,(H2,24,25,26). The van der Waals surface area contributed by atoms with Gasteiger partial charge in [-0.25, -0.2) is 0 Å². The first-order valence-electron chi connectivity index (χ1n) is 11.0. The fourth-order valence-corrected chi connectivity index (χ4v) is 4.72. The van der Waals surface area contributed by atoms with Crippen molar-refractivity contribution in [1.29, 1.82) is 0 Å². The Hall–Kier alpha value is -1.75. The van der Waals surface area contributed by atoms with Crippen LogP contribution in [-0.4, -0.2) is 56.2 Å². The first-order valence-corrected chi connectivity index (χ1v) is 11.0. The summed E-state index contributed by atoms with van der Waals surface area (Å²) in [6, 6.07) is 10.4. The topological polar surface area (TPSA) is 48.9 Å². The normalized spacial score (nSPS) is 26.6. The number of nitrogens with zero attached hydrogens (tertiary/aromatic N) is 2. The second kappa shape index (κ2) is 10.1. The molecule has 3 rings (SSSR count). The molecular weight excluding hydrogens is 348 g/mol. The number of aliphatic imine (C=N–C) groups is 1. The van der Waals surface area contributed by atoms with Gasteiger partial charge in [0.25, 0.3) is 0 Å². The molecule has 5 nitrogen and oxygen atoms in total. The number of hydrogen-bond donors (Lipinski definition) is 2. The lowest BCUT2D eigenvalue weighted by molar-refractivity contribution is 0.0526. The van der Waals surface area contributed by atoms with Crippen molar-refractivity contribution in [2.24, 2.45) is 4.99 Å². The van der Waals surface area contributed by atoms with Gasteiger partial charge in [0.2, 0.25) is 0 Å². The molecule has 2 saturated heterocycles. The van der Waals surface area contributed by atoms with Crippen molar-refractivity contribution in [3.05, 3.63) is 29.8 Å². The lowest BCUT2D eigenvalue weighted by Gasteiger charge is -2.47. The zero-order valence-electron chi connectivity index (χ0n) is 18.1. The van der Waals surface area contributed by atoms with Crippen LogP contribution >= 0.6 is 0 Å². The summed E-state index contributed by atoms with van der Waals surface area (Å²) in [5.41, 5.74) is 1.34. The van der Waals surface area contributed by atoms with Crippen molar-refractivity contribution in [1.82, 2.24) is 15.5 Å². The van der Waals surface area contributed by atoms with Crippen molar-refractivity contribution in [2.45, 2.75) is 76.4 Å². The van der Waals surface area contributed by atoms with E-state index in [1.165, 1.54) is 37.7 Å². The molecule has 2 aliphatic heterocycles. The quantitative estimate of drug-likeness (QED) is 0.553. The average molecular weight is 387 g/mol. The van der Waals surface area contributed by atoms with Crippen molar-refractivity contribution in [2.75, 3.05) is 27.2 Å². The van der Waals surface area contributed by atoms with Crippen molar-refractivity contribution in [3.63, 3.8) is 0 Å². The fourth-order valence-electron chi connectivity index (χ4n) is 4.72. The molecule has 1 aromatic rings. The van der Waals surface area contributed by atoms with Crippen molar-refractivity contribution >= 4 is 5.96 Å². The molecule has 5 heteroatoms. The van der Waals surface area contributed by atoms with E-state index in [9.17, 15) is 0 Å². The Labute approximate surface area is 170 Å². The van der Waals surface area contributed by atoms with E-state index in [1.807, 2.05) is 12.1 Å². The van der Waals surface area contributed by atoms with Gasteiger partial charge in [0.15, 0.2) is 5.96 Å². The van der Waals surface area contributed by atoms with Crippen LogP contribution in [0.5, 0.6) is 5.75 Å². The number of ether oxygens (including phenoxy) is 1. The second-order valence-corrected chi connectivity index (χ2v) is 8.44. The Morgan fingerprint density at radius 1 is 1.21 bits per heavy atom. The molecular formula is C23H38N4O. The summed E-state index contributed by atoms with van der Waals surface area (Å²) in [5.74, 6) is 2.38. The van der Waals surface area contributed by atoms with E-state index < -0.39 is 0 Å². The Kier molecular flexibility index (Phi) is 7.60. The van der Waals surface area contributed by atoms with E-state index in [1.54, 1.807) is 7.11 Å². The second-order valence-electron chi connectivity index (χ2n) is 8.44. The average Bonchev–Trinajstić information content (AvgIpc) is 2.69. The Morgan fingerprint density at radius 3 is 2.50 bits per heavy atom. The summed E-state index contributed by atoms with van der Waals surface area (Å²) >= 11 is 0. The molecule has 156 valence electrons. The van der Waals surface area contributed by atoms with E-state index in [4.69, 9.17) is 9.73 Å². The fraction of sp³-hybridized carbons (Fsp3) is 0.696. The summed E-state index contributed by atoms with van der Waals surface area (Å²) in [5, 5.41) is 7.17. The lowest BCUT2D eigenvalue weighted by atomic mass is 9.82. The van der Waals surface area contributed by atoms with Gasteiger partial charge in [0.05, 0.1) is 7.11 Å². The van der Waals surface area contributed by atoms with Crippen LogP contribution in [0, 0.1) is 0 Å². The summed E-state index contributed by atoms with van der Waals surface area (Å²) in [6.45, 7) is 6.15. The highest BCUT2D eigenvalue weighted by Crippen LogP contribution is 2.32. The van der Waals surface area contributed by atoms with Gasteiger partial charge in [0, 0.05) is 31.2 Å². The number of guanidine groups is 1. The molecule has 0 aromatic heterocycles. The van der Waals surface area contributed by atoms with Crippen molar-refractivity contribution in [3.8, 4) is 5.75 Å². The highest BCUT2D eigenvalue weighted by atomic mass is 16.5. The zero-order valence-corrected chi connectivity index (χ0v) is 18.1. The zero-order chi connectivity index (χ0) is 19.9. The maximum Gasteiger partial charge on any atom is 0.191 e. The molecule has 0 saturated carbocycles. The predicted octanol–water partition coefficient (Wildman–Crippen LogP) is 3.76. The molecule has 2 aliphatic rings. The number of rotatable bonds is 7. The number of fused-ring (bicyclic) bond motifs is 2. The van der Waals surface area contributed by atoms with E-state index in [-0.39, 0.29) is 0 Å². The summed E-state index contributed by atoms with van der Waals surface area (Å²) in [6.07, 6.45) is 7.60. The van der Waals surface area contributed by atoms with Gasteiger partial charge < -0.3 is 20.3 Å². The monoisotopic (exact) mass is 386 g/mol. The van der Waals surface area contributed by atoms with Gasteiger partial charge in [-0.2, -0.15) is 0 Å². The molecule has 1 aromatic carbocycles. The van der Waals surface area contributed by atoms with Gasteiger partial charge in [-0.05, 0) is 69.7 Å². The first kappa shape index (κ1) is 21.0. The summed E-state index contributed by atoms with van der Waals surface area (Å²) in [7, 11) is 4.02. The van der Waals surface area contributed by atoms with Crippen LogP contribution in [0.1, 0.15) is 63.9 Å². The predicted molar refractivity (Wildman–Crippen MR) is 117 cm³/mol. The SMILES string of the molecule is CCNC(=NCCC(C)c1ccc(OC)cc1)NC1CC2CCCC(C1)N2C. The molecule has 0 amide bonds. The summed E-state index contributed by atoms with van der Waals surface area (Å²) < 4.78 is 5.25. The Morgan fingerprint density at radius 2 is 1.89 bits per heavy atom. The molecule has 3 unspecified atom stereocenters. The van der Waals surface area contributed by atoms with Crippen LogP contribution in [0.25, 0.3) is 0 Å². The Balaban J connectivity index is 1.52. The molecule has 2 N–H and O–H groups in total. The van der Waals surface area contributed by atoms with Gasteiger partial charge in [-0.15, -0.1) is 0 Å². The lowest BCUT2D eigenvalue weighted by Crippen LogP contribution is -2.56. The number of piperidine rings is 2. The molecule has 0 spiro atoms. The molecule has 0 radical (unpaired) electrons. The van der Waals surface area contributed by atoms with E-state index >= 15 is 0 Å². The van der Waals surface area contributed by atoms with Crippen molar-refractivity contribution < 1.29 is 4.74 Å². The van der Waals surface area contributed by atoms with Gasteiger partial charge >= 0.3 is 0 Å². The van der Waals surface area contributed by atoms with E-state index in [2.05, 4.69) is 48.6 Å². The van der Waals surface area contributed by atoms with Crippen LogP contribution in [0.4, 0.5) is 0 Å². The minimum Gasteiger partial charge on any atom is -0.497 e. The Bertz CT molecular complexity index is 616. The molecule has 3 atom stereocenters. The summed E-state index contributed by atoms with van der Waals surface area (Å²) in [4.78, 5) is 7.49. The van der Waals surface area contributed by atoms with Gasteiger partial charge in [0.1, 0.15) is 5.75 Å². The maximum atomic E-state index is 5.25. The van der Waals surface area contributed by atoms with Crippen LogP contribution < -0.4 is 15.4 Å². The van der Waals surface area contributed by atoms with E-state index in [0.717, 1.165) is 43.3 Å². The highest BCUT2D eigenvalue weighted by molar-refractivity contribution is 5.80. The largest absolute Gasteiger partial charge is 0.497 e. The molecule has 0 aliphatic carbocycles. The van der Waals surface area contributed by atoms with Crippen LogP contribution in [0.15, 0.2) is 29.3 Å². The number of hydrogen-bond acceptors (Lipinski definition) is 3. The molecule has 2 bridgehead atoms. The minimum atomic E-state index is 0.486. The smallest absolute Gasteiger partial charge is 0.191 e. The number of benzene rings is 1. The van der Waals surface area contributed by atoms with Crippen LogP contribution in [0.2, 0.25) is 0 Å². The van der Waals surface area contributed by atoms with Crippen LogP contribution in [-0.2, 0) is 0 Å².